The smallest absolute Gasteiger partial charge is 0.416 e. The molecule has 10 heteroatoms. The number of benzene rings is 1. The SMILES string of the molecule is CC1COC(=O)N1c1noc2c(Cl)c(N3C[C@@H](C)O[C@H](C)C3)c(C3OCCO3)cc12. The Hall–Kier alpha value is -2.07. The zero-order valence-corrected chi connectivity index (χ0v) is 17.8. The van der Waals surface area contributed by atoms with Crippen molar-refractivity contribution >= 4 is 40.2 Å². The van der Waals surface area contributed by atoms with Crippen LogP contribution < -0.4 is 9.80 Å². The van der Waals surface area contributed by atoms with Crippen molar-refractivity contribution < 1.29 is 28.3 Å². The van der Waals surface area contributed by atoms with E-state index < -0.39 is 12.4 Å². The number of morpholine rings is 1. The van der Waals surface area contributed by atoms with E-state index in [1.807, 2.05) is 26.8 Å². The maximum Gasteiger partial charge on any atom is 0.416 e. The van der Waals surface area contributed by atoms with Gasteiger partial charge in [-0.15, -0.1) is 0 Å². The number of halogens is 1. The van der Waals surface area contributed by atoms with E-state index in [0.29, 0.717) is 54.7 Å². The molecule has 5 rings (SSSR count). The van der Waals surface area contributed by atoms with Crippen LogP contribution >= 0.6 is 11.6 Å². The number of cyclic esters (lactones) is 1. The van der Waals surface area contributed by atoms with Gasteiger partial charge >= 0.3 is 6.09 Å². The third kappa shape index (κ3) is 3.20. The molecule has 3 aliphatic heterocycles. The molecule has 0 spiro atoms. The van der Waals surface area contributed by atoms with Crippen LogP contribution in [0, 0.1) is 0 Å². The van der Waals surface area contributed by atoms with E-state index in [4.69, 9.17) is 35.1 Å². The molecule has 30 heavy (non-hydrogen) atoms. The van der Waals surface area contributed by atoms with E-state index in [1.165, 1.54) is 4.90 Å². The summed E-state index contributed by atoms with van der Waals surface area (Å²) in [5.74, 6) is 0.386. The molecule has 0 N–H and O–H groups in total. The second-order valence-electron chi connectivity index (χ2n) is 8.04. The van der Waals surface area contributed by atoms with Gasteiger partial charge in [-0.1, -0.05) is 16.8 Å². The number of fused-ring (bicyclic) bond motifs is 1. The largest absolute Gasteiger partial charge is 0.447 e. The molecule has 3 saturated heterocycles. The van der Waals surface area contributed by atoms with Crippen molar-refractivity contribution in [3.63, 3.8) is 0 Å². The number of aromatic nitrogens is 1. The van der Waals surface area contributed by atoms with Crippen LogP contribution in [0.3, 0.4) is 0 Å². The lowest BCUT2D eigenvalue weighted by Gasteiger charge is -2.38. The first-order chi connectivity index (χ1) is 14.4. The number of rotatable bonds is 3. The summed E-state index contributed by atoms with van der Waals surface area (Å²) in [5, 5.41) is 5.21. The highest BCUT2D eigenvalue weighted by atomic mass is 35.5. The zero-order chi connectivity index (χ0) is 21.0. The van der Waals surface area contributed by atoms with Crippen LogP contribution in [0.15, 0.2) is 10.6 Å². The first-order valence-corrected chi connectivity index (χ1v) is 10.5. The predicted molar refractivity (Wildman–Crippen MR) is 109 cm³/mol. The minimum atomic E-state index is -0.555. The Morgan fingerprint density at radius 3 is 2.47 bits per heavy atom. The number of carbonyl (C=O) groups is 1. The summed E-state index contributed by atoms with van der Waals surface area (Å²) in [7, 11) is 0. The molecular formula is C20H24ClN3O6. The van der Waals surface area contributed by atoms with Crippen molar-refractivity contribution in [1.82, 2.24) is 5.16 Å². The Morgan fingerprint density at radius 1 is 1.13 bits per heavy atom. The number of ether oxygens (including phenoxy) is 4. The van der Waals surface area contributed by atoms with Gasteiger partial charge in [0.15, 0.2) is 17.7 Å². The molecule has 3 atom stereocenters. The summed E-state index contributed by atoms with van der Waals surface area (Å²) in [6.45, 7) is 8.60. The van der Waals surface area contributed by atoms with Gasteiger partial charge in [-0.25, -0.2) is 4.79 Å². The van der Waals surface area contributed by atoms with Gasteiger partial charge in [0.05, 0.1) is 42.5 Å². The number of hydrogen-bond acceptors (Lipinski definition) is 8. The third-order valence-electron chi connectivity index (χ3n) is 5.61. The second kappa shape index (κ2) is 7.56. The van der Waals surface area contributed by atoms with Crippen molar-refractivity contribution in [3.05, 3.63) is 16.7 Å². The van der Waals surface area contributed by atoms with Crippen LogP contribution in [-0.2, 0) is 18.9 Å². The van der Waals surface area contributed by atoms with Gasteiger partial charge in [0, 0.05) is 18.7 Å². The molecule has 0 aliphatic carbocycles. The number of nitrogens with zero attached hydrogens (tertiary/aromatic N) is 3. The van der Waals surface area contributed by atoms with E-state index in [0.717, 1.165) is 11.3 Å². The van der Waals surface area contributed by atoms with Gasteiger partial charge < -0.3 is 28.4 Å². The van der Waals surface area contributed by atoms with Gasteiger partial charge in [-0.05, 0) is 26.8 Å². The molecule has 0 radical (unpaired) electrons. The zero-order valence-electron chi connectivity index (χ0n) is 17.1. The van der Waals surface area contributed by atoms with Crippen LogP contribution in [-0.4, -0.2) is 62.4 Å². The van der Waals surface area contributed by atoms with Crippen LogP contribution in [0.4, 0.5) is 16.3 Å². The number of anilines is 2. The predicted octanol–water partition coefficient (Wildman–Crippen LogP) is 3.49. The lowest BCUT2D eigenvalue weighted by molar-refractivity contribution is -0.0443. The molecule has 1 amide bonds. The molecule has 162 valence electrons. The third-order valence-corrected chi connectivity index (χ3v) is 5.97. The molecule has 0 bridgehead atoms. The monoisotopic (exact) mass is 437 g/mol. The molecule has 0 saturated carbocycles. The fourth-order valence-corrected chi connectivity index (χ4v) is 4.78. The fourth-order valence-electron chi connectivity index (χ4n) is 4.42. The molecule has 9 nitrogen and oxygen atoms in total. The number of amides is 1. The van der Waals surface area contributed by atoms with Crippen molar-refractivity contribution in [2.24, 2.45) is 0 Å². The Labute approximate surface area is 178 Å². The summed E-state index contributed by atoms with van der Waals surface area (Å²) in [6, 6.07) is 1.74. The number of carbonyl (C=O) groups excluding carboxylic acids is 1. The second-order valence-corrected chi connectivity index (χ2v) is 8.42. The first-order valence-electron chi connectivity index (χ1n) is 10.2. The Morgan fingerprint density at radius 2 is 1.83 bits per heavy atom. The van der Waals surface area contributed by atoms with Crippen LogP contribution in [0.5, 0.6) is 0 Å². The van der Waals surface area contributed by atoms with E-state index in [9.17, 15) is 4.79 Å². The molecule has 1 unspecified atom stereocenters. The lowest BCUT2D eigenvalue weighted by atomic mass is 10.1. The highest BCUT2D eigenvalue weighted by Crippen LogP contribution is 2.45. The maximum absolute atomic E-state index is 12.3. The van der Waals surface area contributed by atoms with Gasteiger partial charge in [-0.3, -0.25) is 4.90 Å². The van der Waals surface area contributed by atoms with E-state index in [1.54, 1.807) is 0 Å². The van der Waals surface area contributed by atoms with Crippen LogP contribution in [0.2, 0.25) is 5.02 Å². The average molecular weight is 438 g/mol. The van der Waals surface area contributed by atoms with Gasteiger partial charge in [0.2, 0.25) is 0 Å². The molecule has 1 aromatic heterocycles. The highest BCUT2D eigenvalue weighted by Gasteiger charge is 2.37. The highest BCUT2D eigenvalue weighted by molar-refractivity contribution is 6.38. The summed E-state index contributed by atoms with van der Waals surface area (Å²) in [5.41, 5.74) is 2.00. The molecule has 3 fully saturated rings. The van der Waals surface area contributed by atoms with Gasteiger partial charge in [0.25, 0.3) is 0 Å². The van der Waals surface area contributed by atoms with Crippen LogP contribution in [0.25, 0.3) is 11.0 Å². The van der Waals surface area contributed by atoms with E-state index in [2.05, 4.69) is 10.1 Å². The standard InChI is InChI=1S/C20H24ClN3O6/c1-10-9-28-20(25)24(10)18-14-6-13(19-26-4-5-27-19)16(15(21)17(14)30-22-18)23-7-11(2)29-12(3)8-23/h6,10-12,19H,4-5,7-9H2,1-3H3/t10?,11-,12-/m1/s1. The van der Waals surface area contributed by atoms with E-state index in [-0.39, 0.29) is 18.2 Å². The normalized spacial score (nSPS) is 28.0. The summed E-state index contributed by atoms with van der Waals surface area (Å²) >= 11 is 6.88. The minimum absolute atomic E-state index is 0.0456. The van der Waals surface area contributed by atoms with Gasteiger partial charge in [0.1, 0.15) is 11.6 Å². The lowest BCUT2D eigenvalue weighted by Crippen LogP contribution is -2.46. The fraction of sp³-hybridized carbons (Fsp3) is 0.600. The minimum Gasteiger partial charge on any atom is -0.447 e. The Balaban J connectivity index is 1.67. The first kappa shape index (κ1) is 19.9. The van der Waals surface area contributed by atoms with Crippen molar-refractivity contribution in [1.29, 1.82) is 0 Å². The van der Waals surface area contributed by atoms with E-state index >= 15 is 0 Å². The molecule has 3 aliphatic rings. The average Bonchev–Trinajstić information content (AvgIpc) is 3.42. The number of hydrogen-bond donors (Lipinski definition) is 0. The quantitative estimate of drug-likeness (QED) is 0.721. The maximum atomic E-state index is 12.3. The Kier molecular flexibility index (Phi) is 5.01. The molecule has 4 heterocycles. The Bertz CT molecular complexity index is 965. The van der Waals surface area contributed by atoms with Crippen molar-refractivity contribution in [3.8, 4) is 0 Å². The van der Waals surface area contributed by atoms with Crippen molar-refractivity contribution in [2.45, 2.75) is 45.3 Å². The summed E-state index contributed by atoms with van der Waals surface area (Å²) in [4.78, 5) is 15.9. The van der Waals surface area contributed by atoms with Crippen LogP contribution in [0.1, 0.15) is 32.6 Å². The van der Waals surface area contributed by atoms with Crippen molar-refractivity contribution in [2.75, 3.05) is 42.7 Å². The molecular weight excluding hydrogens is 414 g/mol. The van der Waals surface area contributed by atoms with Gasteiger partial charge in [-0.2, -0.15) is 0 Å². The molecule has 2 aromatic rings. The summed E-state index contributed by atoms with van der Waals surface area (Å²) < 4.78 is 28.3. The topological polar surface area (TPSA) is 86.5 Å². The summed E-state index contributed by atoms with van der Waals surface area (Å²) in [6.07, 6.45) is -0.918. The molecule has 1 aromatic carbocycles.